The SMILES string of the molecule is CCOc1ccccc1C(CCOC)(CCC(Cc1ccccc1C(=O)N1CCOCC1)OC)OC. The largest absolute Gasteiger partial charge is 0.493 e. The number of morpholine rings is 1. The van der Waals surface area contributed by atoms with Crippen LogP contribution in [0.3, 0.4) is 0 Å². The molecule has 0 bridgehead atoms. The Hall–Kier alpha value is -2.45. The number of benzene rings is 2. The molecule has 7 heteroatoms. The van der Waals surface area contributed by atoms with Gasteiger partial charge in [0.2, 0.25) is 0 Å². The monoisotopic (exact) mass is 499 g/mol. The first-order valence-electron chi connectivity index (χ1n) is 12.8. The third kappa shape index (κ3) is 7.07. The molecule has 2 aromatic carbocycles. The summed E-state index contributed by atoms with van der Waals surface area (Å²) in [5.74, 6) is 0.883. The zero-order valence-corrected chi connectivity index (χ0v) is 22.2. The number of carbonyl (C=O) groups excluding carboxylic acids is 1. The van der Waals surface area contributed by atoms with Gasteiger partial charge in [-0.25, -0.2) is 0 Å². The second-order valence-electron chi connectivity index (χ2n) is 9.03. The zero-order chi connectivity index (χ0) is 25.8. The number of nitrogens with zero attached hydrogens (tertiary/aromatic N) is 1. The number of hydrogen-bond acceptors (Lipinski definition) is 6. The second kappa shape index (κ2) is 14.3. The van der Waals surface area contributed by atoms with Crippen molar-refractivity contribution in [3.05, 3.63) is 65.2 Å². The Labute approximate surface area is 215 Å². The molecule has 0 saturated carbocycles. The summed E-state index contributed by atoms with van der Waals surface area (Å²) in [7, 11) is 5.18. The molecule has 0 aliphatic carbocycles. The van der Waals surface area contributed by atoms with Gasteiger partial charge in [-0.1, -0.05) is 36.4 Å². The van der Waals surface area contributed by atoms with Gasteiger partial charge in [0.25, 0.3) is 5.91 Å². The molecule has 2 aromatic rings. The molecule has 3 rings (SSSR count). The highest BCUT2D eigenvalue weighted by Crippen LogP contribution is 2.40. The van der Waals surface area contributed by atoms with E-state index < -0.39 is 5.60 Å². The van der Waals surface area contributed by atoms with Crippen LogP contribution in [-0.4, -0.2) is 77.8 Å². The maximum atomic E-state index is 13.2. The molecule has 1 aliphatic rings. The van der Waals surface area contributed by atoms with Crippen LogP contribution in [0.15, 0.2) is 48.5 Å². The van der Waals surface area contributed by atoms with Crippen molar-refractivity contribution in [2.75, 3.05) is 60.8 Å². The number of methoxy groups -OCH3 is 3. The minimum Gasteiger partial charge on any atom is -0.493 e. The smallest absolute Gasteiger partial charge is 0.254 e. The fourth-order valence-corrected chi connectivity index (χ4v) is 4.89. The van der Waals surface area contributed by atoms with E-state index in [1.165, 1.54) is 0 Å². The summed E-state index contributed by atoms with van der Waals surface area (Å²) < 4.78 is 29.0. The van der Waals surface area contributed by atoms with Gasteiger partial charge in [-0.15, -0.1) is 0 Å². The normalized spacial score (nSPS) is 16.4. The Balaban J connectivity index is 1.80. The van der Waals surface area contributed by atoms with Crippen LogP contribution >= 0.6 is 0 Å². The van der Waals surface area contributed by atoms with E-state index in [-0.39, 0.29) is 12.0 Å². The maximum absolute atomic E-state index is 13.2. The summed E-state index contributed by atoms with van der Waals surface area (Å²) in [6.45, 7) is 5.53. The third-order valence-corrected chi connectivity index (χ3v) is 6.98. The molecule has 1 aliphatic heterocycles. The maximum Gasteiger partial charge on any atom is 0.254 e. The van der Waals surface area contributed by atoms with E-state index in [2.05, 4.69) is 6.07 Å². The Kier molecular flexibility index (Phi) is 11.2. The average molecular weight is 500 g/mol. The first-order valence-corrected chi connectivity index (χ1v) is 12.8. The molecule has 36 heavy (non-hydrogen) atoms. The van der Waals surface area contributed by atoms with Gasteiger partial charge in [0, 0.05) is 58.6 Å². The van der Waals surface area contributed by atoms with E-state index in [1.807, 2.05) is 54.3 Å². The highest BCUT2D eigenvalue weighted by molar-refractivity contribution is 5.95. The number of ether oxygens (including phenoxy) is 5. The van der Waals surface area contributed by atoms with Gasteiger partial charge in [0.15, 0.2) is 0 Å². The van der Waals surface area contributed by atoms with Gasteiger partial charge in [0.05, 0.1) is 31.5 Å². The number of amides is 1. The van der Waals surface area contributed by atoms with Gasteiger partial charge < -0.3 is 28.6 Å². The van der Waals surface area contributed by atoms with Crippen molar-refractivity contribution in [2.45, 2.75) is 44.3 Å². The summed E-state index contributed by atoms with van der Waals surface area (Å²) in [6.07, 6.45) is 2.70. The summed E-state index contributed by atoms with van der Waals surface area (Å²) in [4.78, 5) is 15.1. The van der Waals surface area contributed by atoms with Gasteiger partial charge in [-0.05, 0) is 43.9 Å². The van der Waals surface area contributed by atoms with E-state index in [4.69, 9.17) is 23.7 Å². The number of carbonyl (C=O) groups is 1. The van der Waals surface area contributed by atoms with Crippen LogP contribution in [0.25, 0.3) is 0 Å². The predicted molar refractivity (Wildman–Crippen MR) is 140 cm³/mol. The first kappa shape index (κ1) is 28.1. The highest BCUT2D eigenvalue weighted by Gasteiger charge is 2.35. The molecular formula is C29H41NO6. The lowest BCUT2D eigenvalue weighted by atomic mass is 9.83. The van der Waals surface area contributed by atoms with Crippen molar-refractivity contribution in [1.82, 2.24) is 4.90 Å². The van der Waals surface area contributed by atoms with Crippen LogP contribution in [0, 0.1) is 0 Å². The molecule has 0 spiro atoms. The molecule has 1 saturated heterocycles. The minimum atomic E-state index is -0.582. The lowest BCUT2D eigenvalue weighted by Gasteiger charge is -2.35. The lowest BCUT2D eigenvalue weighted by molar-refractivity contribution is -0.0562. The van der Waals surface area contributed by atoms with Gasteiger partial charge in [0.1, 0.15) is 5.75 Å². The van der Waals surface area contributed by atoms with E-state index >= 15 is 0 Å². The highest BCUT2D eigenvalue weighted by atomic mass is 16.5. The lowest BCUT2D eigenvalue weighted by Crippen LogP contribution is -2.41. The quantitative estimate of drug-likeness (QED) is 0.382. The number of hydrogen-bond donors (Lipinski definition) is 0. The van der Waals surface area contributed by atoms with Crippen LogP contribution < -0.4 is 4.74 Å². The fourth-order valence-electron chi connectivity index (χ4n) is 4.89. The van der Waals surface area contributed by atoms with E-state index in [9.17, 15) is 4.79 Å². The molecule has 0 radical (unpaired) electrons. The number of para-hydroxylation sites is 1. The Bertz CT molecular complexity index is 945. The van der Waals surface area contributed by atoms with E-state index in [0.717, 1.165) is 35.3 Å². The molecule has 1 amide bonds. The summed E-state index contributed by atoms with van der Waals surface area (Å²) in [5, 5.41) is 0. The Morgan fingerprint density at radius 2 is 1.75 bits per heavy atom. The van der Waals surface area contributed by atoms with Crippen LogP contribution in [0.5, 0.6) is 5.75 Å². The van der Waals surface area contributed by atoms with Gasteiger partial charge >= 0.3 is 0 Å². The first-order chi connectivity index (χ1) is 17.6. The van der Waals surface area contributed by atoms with Crippen LogP contribution in [0.2, 0.25) is 0 Å². The molecule has 0 aromatic heterocycles. The molecule has 198 valence electrons. The summed E-state index contributed by atoms with van der Waals surface area (Å²) in [6, 6.07) is 15.9. The van der Waals surface area contributed by atoms with Crippen molar-refractivity contribution < 1.29 is 28.5 Å². The van der Waals surface area contributed by atoms with E-state index in [1.54, 1.807) is 21.3 Å². The van der Waals surface area contributed by atoms with Crippen molar-refractivity contribution in [1.29, 1.82) is 0 Å². The molecule has 7 nitrogen and oxygen atoms in total. The van der Waals surface area contributed by atoms with Crippen molar-refractivity contribution in [3.63, 3.8) is 0 Å². The molecule has 0 N–H and O–H groups in total. The van der Waals surface area contributed by atoms with Crippen molar-refractivity contribution >= 4 is 5.91 Å². The zero-order valence-electron chi connectivity index (χ0n) is 22.2. The fraction of sp³-hybridized carbons (Fsp3) is 0.552. The average Bonchev–Trinajstić information content (AvgIpc) is 2.93. The Morgan fingerprint density at radius 1 is 1.03 bits per heavy atom. The summed E-state index contributed by atoms with van der Waals surface area (Å²) >= 11 is 0. The third-order valence-electron chi connectivity index (χ3n) is 6.98. The van der Waals surface area contributed by atoms with E-state index in [0.29, 0.717) is 52.4 Å². The topological polar surface area (TPSA) is 66.5 Å². The Morgan fingerprint density at radius 3 is 2.44 bits per heavy atom. The second-order valence-corrected chi connectivity index (χ2v) is 9.03. The van der Waals surface area contributed by atoms with Gasteiger partial charge in [-0.2, -0.15) is 0 Å². The number of rotatable bonds is 14. The van der Waals surface area contributed by atoms with Crippen LogP contribution in [-0.2, 0) is 31.0 Å². The minimum absolute atomic E-state index is 0.0562. The molecule has 1 fully saturated rings. The van der Waals surface area contributed by atoms with Crippen molar-refractivity contribution in [2.24, 2.45) is 0 Å². The predicted octanol–water partition coefficient (Wildman–Crippen LogP) is 4.47. The van der Waals surface area contributed by atoms with Crippen molar-refractivity contribution in [3.8, 4) is 5.75 Å². The molecule has 1 heterocycles. The molecule has 2 unspecified atom stereocenters. The standard InChI is InChI=1S/C29H41NO6/c1-5-36-27-13-9-8-12-26(27)29(34-4,16-19-32-2)15-14-24(33-3)22-23-10-6-7-11-25(23)28(31)30-17-20-35-21-18-30/h6-13,24H,5,14-22H2,1-4H3. The summed E-state index contributed by atoms with van der Waals surface area (Å²) in [5.41, 5.74) is 2.17. The van der Waals surface area contributed by atoms with Gasteiger partial charge in [-0.3, -0.25) is 4.79 Å². The van der Waals surface area contributed by atoms with Crippen LogP contribution in [0.1, 0.15) is 47.7 Å². The molecule has 2 atom stereocenters. The van der Waals surface area contributed by atoms with Crippen LogP contribution in [0.4, 0.5) is 0 Å². The molecular weight excluding hydrogens is 458 g/mol.